The largest absolute Gasteiger partial charge is 0.316 e. The van der Waals surface area contributed by atoms with Crippen LogP contribution in [0.4, 0.5) is 0 Å². The molecule has 0 aliphatic heterocycles. The van der Waals surface area contributed by atoms with E-state index >= 15 is 0 Å². The minimum Gasteiger partial charge on any atom is -0.316 e. The van der Waals surface area contributed by atoms with E-state index in [2.05, 4.69) is 26.1 Å². The fourth-order valence-corrected chi connectivity index (χ4v) is 2.93. The van der Waals surface area contributed by atoms with E-state index in [-0.39, 0.29) is 0 Å². The molecule has 2 unspecified atom stereocenters. The third-order valence-electron chi connectivity index (χ3n) is 3.67. The Morgan fingerprint density at radius 2 is 1.80 bits per heavy atom. The van der Waals surface area contributed by atoms with Crippen molar-refractivity contribution in [3.63, 3.8) is 0 Å². The molecule has 1 rings (SSSR count). The van der Waals surface area contributed by atoms with Gasteiger partial charge in [-0.2, -0.15) is 0 Å². The first-order chi connectivity index (χ1) is 7.24. The van der Waals surface area contributed by atoms with E-state index in [1.165, 1.54) is 51.6 Å². The van der Waals surface area contributed by atoms with Gasteiger partial charge in [0.25, 0.3) is 0 Å². The highest BCUT2D eigenvalue weighted by atomic mass is 14.9. The second kappa shape index (κ2) is 7.27. The van der Waals surface area contributed by atoms with Crippen LogP contribution in [0.5, 0.6) is 0 Å². The third-order valence-corrected chi connectivity index (χ3v) is 3.67. The average Bonchev–Trinajstić information content (AvgIpc) is 2.20. The molecule has 0 bridgehead atoms. The van der Waals surface area contributed by atoms with Gasteiger partial charge in [-0.1, -0.05) is 40.0 Å². The standard InChI is InChI=1S/C14H29N/c1-4-9-15-11-14-8-6-5-7-13(14)10-12(2)3/h12-15H,4-11H2,1-3H3. The highest BCUT2D eigenvalue weighted by Crippen LogP contribution is 2.33. The van der Waals surface area contributed by atoms with Gasteiger partial charge in [0, 0.05) is 0 Å². The van der Waals surface area contributed by atoms with Crippen LogP contribution in [-0.4, -0.2) is 13.1 Å². The molecule has 0 aromatic rings. The normalized spacial score (nSPS) is 27.2. The maximum Gasteiger partial charge on any atom is -0.00179 e. The Balaban J connectivity index is 2.29. The summed E-state index contributed by atoms with van der Waals surface area (Å²) < 4.78 is 0. The monoisotopic (exact) mass is 211 g/mol. The fourth-order valence-electron chi connectivity index (χ4n) is 2.93. The van der Waals surface area contributed by atoms with Gasteiger partial charge in [-0.05, 0) is 50.1 Å². The van der Waals surface area contributed by atoms with E-state index < -0.39 is 0 Å². The summed E-state index contributed by atoms with van der Waals surface area (Å²) in [6.45, 7) is 9.45. The zero-order chi connectivity index (χ0) is 11.1. The van der Waals surface area contributed by atoms with Gasteiger partial charge in [-0.25, -0.2) is 0 Å². The Kier molecular flexibility index (Phi) is 6.31. The lowest BCUT2D eigenvalue weighted by Crippen LogP contribution is -2.31. The lowest BCUT2D eigenvalue weighted by Gasteiger charge is -2.33. The van der Waals surface area contributed by atoms with Crippen molar-refractivity contribution in [2.24, 2.45) is 17.8 Å². The van der Waals surface area contributed by atoms with Crippen molar-refractivity contribution in [1.29, 1.82) is 0 Å². The number of hydrogen-bond acceptors (Lipinski definition) is 1. The molecule has 1 aliphatic rings. The van der Waals surface area contributed by atoms with Crippen LogP contribution in [0, 0.1) is 17.8 Å². The lowest BCUT2D eigenvalue weighted by molar-refractivity contribution is 0.199. The lowest BCUT2D eigenvalue weighted by atomic mass is 9.75. The van der Waals surface area contributed by atoms with E-state index in [0.717, 1.165) is 17.8 Å². The topological polar surface area (TPSA) is 12.0 Å². The van der Waals surface area contributed by atoms with Crippen LogP contribution in [0.15, 0.2) is 0 Å². The van der Waals surface area contributed by atoms with Crippen LogP contribution in [-0.2, 0) is 0 Å². The van der Waals surface area contributed by atoms with Crippen molar-refractivity contribution in [3.8, 4) is 0 Å². The molecule has 0 radical (unpaired) electrons. The molecule has 2 atom stereocenters. The van der Waals surface area contributed by atoms with E-state index in [0.29, 0.717) is 0 Å². The van der Waals surface area contributed by atoms with Crippen molar-refractivity contribution in [3.05, 3.63) is 0 Å². The van der Waals surface area contributed by atoms with Gasteiger partial charge in [0.1, 0.15) is 0 Å². The summed E-state index contributed by atoms with van der Waals surface area (Å²) in [5.41, 5.74) is 0. The molecular weight excluding hydrogens is 182 g/mol. The zero-order valence-corrected chi connectivity index (χ0v) is 10.9. The van der Waals surface area contributed by atoms with Crippen LogP contribution in [0.1, 0.15) is 59.3 Å². The molecule has 1 aliphatic carbocycles. The first-order valence-corrected chi connectivity index (χ1v) is 6.94. The summed E-state index contributed by atoms with van der Waals surface area (Å²) in [4.78, 5) is 0. The van der Waals surface area contributed by atoms with Crippen LogP contribution >= 0.6 is 0 Å². The molecule has 1 heteroatoms. The Hall–Kier alpha value is -0.0400. The molecular formula is C14H29N. The first kappa shape index (κ1) is 13.0. The van der Waals surface area contributed by atoms with Crippen molar-refractivity contribution in [1.82, 2.24) is 5.32 Å². The zero-order valence-electron chi connectivity index (χ0n) is 10.9. The summed E-state index contributed by atoms with van der Waals surface area (Å²) >= 11 is 0. The van der Waals surface area contributed by atoms with Gasteiger partial charge >= 0.3 is 0 Å². The molecule has 0 saturated heterocycles. The molecule has 90 valence electrons. The SMILES string of the molecule is CCCNCC1CCCCC1CC(C)C. The second-order valence-corrected chi connectivity index (χ2v) is 5.64. The molecule has 1 saturated carbocycles. The minimum absolute atomic E-state index is 0.877. The van der Waals surface area contributed by atoms with E-state index in [1.807, 2.05) is 0 Å². The highest BCUT2D eigenvalue weighted by molar-refractivity contribution is 4.77. The average molecular weight is 211 g/mol. The molecule has 1 N–H and O–H groups in total. The Labute approximate surface area is 96.0 Å². The summed E-state index contributed by atoms with van der Waals surface area (Å²) in [7, 11) is 0. The minimum atomic E-state index is 0.877. The van der Waals surface area contributed by atoms with Gasteiger partial charge < -0.3 is 5.32 Å². The van der Waals surface area contributed by atoms with Crippen molar-refractivity contribution >= 4 is 0 Å². The quantitative estimate of drug-likeness (QED) is 0.658. The van der Waals surface area contributed by atoms with Crippen LogP contribution in [0.2, 0.25) is 0 Å². The molecule has 1 nitrogen and oxygen atoms in total. The number of rotatable bonds is 6. The Morgan fingerprint density at radius 3 is 2.40 bits per heavy atom. The van der Waals surface area contributed by atoms with Gasteiger partial charge in [0.15, 0.2) is 0 Å². The molecule has 0 spiro atoms. The molecule has 1 fully saturated rings. The summed E-state index contributed by atoms with van der Waals surface area (Å²) in [5, 5.41) is 3.61. The maximum atomic E-state index is 3.61. The summed E-state index contributed by atoms with van der Waals surface area (Å²) in [6.07, 6.45) is 8.60. The molecule has 0 aromatic heterocycles. The Morgan fingerprint density at radius 1 is 1.13 bits per heavy atom. The smallest absolute Gasteiger partial charge is 0.00179 e. The molecule has 0 aromatic carbocycles. The Bertz CT molecular complexity index is 153. The van der Waals surface area contributed by atoms with E-state index in [9.17, 15) is 0 Å². The van der Waals surface area contributed by atoms with E-state index in [1.54, 1.807) is 0 Å². The van der Waals surface area contributed by atoms with Crippen LogP contribution in [0.3, 0.4) is 0 Å². The summed E-state index contributed by atoms with van der Waals surface area (Å²) in [5.74, 6) is 2.84. The molecule has 0 heterocycles. The van der Waals surface area contributed by atoms with Gasteiger partial charge in [-0.15, -0.1) is 0 Å². The molecule has 0 amide bonds. The third kappa shape index (κ3) is 5.01. The first-order valence-electron chi connectivity index (χ1n) is 6.94. The van der Waals surface area contributed by atoms with Gasteiger partial charge in [-0.3, -0.25) is 0 Å². The second-order valence-electron chi connectivity index (χ2n) is 5.64. The van der Waals surface area contributed by atoms with Crippen molar-refractivity contribution in [2.75, 3.05) is 13.1 Å². The summed E-state index contributed by atoms with van der Waals surface area (Å²) in [6, 6.07) is 0. The number of nitrogens with one attached hydrogen (secondary N) is 1. The predicted octanol–water partition coefficient (Wildman–Crippen LogP) is 3.84. The van der Waals surface area contributed by atoms with E-state index in [4.69, 9.17) is 0 Å². The highest BCUT2D eigenvalue weighted by Gasteiger charge is 2.24. The molecule has 15 heavy (non-hydrogen) atoms. The number of hydrogen-bond donors (Lipinski definition) is 1. The van der Waals surface area contributed by atoms with Crippen LogP contribution < -0.4 is 5.32 Å². The van der Waals surface area contributed by atoms with Gasteiger partial charge in [0.2, 0.25) is 0 Å². The predicted molar refractivity (Wildman–Crippen MR) is 68.1 cm³/mol. The van der Waals surface area contributed by atoms with Crippen molar-refractivity contribution < 1.29 is 0 Å². The van der Waals surface area contributed by atoms with Crippen LogP contribution in [0.25, 0.3) is 0 Å². The fraction of sp³-hybridized carbons (Fsp3) is 1.00. The van der Waals surface area contributed by atoms with Crippen molar-refractivity contribution in [2.45, 2.75) is 59.3 Å². The maximum absolute atomic E-state index is 3.61. The van der Waals surface area contributed by atoms with Gasteiger partial charge in [0.05, 0.1) is 0 Å².